The summed E-state index contributed by atoms with van der Waals surface area (Å²) in [4.78, 5) is 26.5. The monoisotopic (exact) mass is 417 g/mol. The van der Waals surface area contributed by atoms with E-state index < -0.39 is 12.0 Å². The molecule has 0 aliphatic carbocycles. The van der Waals surface area contributed by atoms with Crippen molar-refractivity contribution in [3.8, 4) is 5.75 Å². The van der Waals surface area contributed by atoms with E-state index in [1.165, 1.54) is 0 Å². The molecule has 0 aromatic heterocycles. The van der Waals surface area contributed by atoms with Gasteiger partial charge in [0.15, 0.2) is 6.61 Å². The first-order valence-electron chi connectivity index (χ1n) is 9.66. The highest BCUT2D eigenvalue weighted by molar-refractivity contribution is 5.93. The highest BCUT2D eigenvalue weighted by Gasteiger charge is 2.22. The number of benzene rings is 2. The Hall–Kier alpha value is -2.57. The predicted molar refractivity (Wildman–Crippen MR) is 116 cm³/mol. The molecule has 3 N–H and O–H groups in total. The SMILES string of the molecule is CC(C(=O)Nc1cccc(OCC(=O)N2CCCC2)c1)C(N)c1ccccc1.Cl. The van der Waals surface area contributed by atoms with Crippen molar-refractivity contribution in [3.63, 3.8) is 0 Å². The molecule has 2 unspecified atom stereocenters. The summed E-state index contributed by atoms with van der Waals surface area (Å²) < 4.78 is 5.61. The molecule has 1 aliphatic heterocycles. The van der Waals surface area contributed by atoms with Crippen molar-refractivity contribution in [2.45, 2.75) is 25.8 Å². The minimum atomic E-state index is -0.399. The zero-order valence-electron chi connectivity index (χ0n) is 16.5. The molecular weight excluding hydrogens is 390 g/mol. The van der Waals surface area contributed by atoms with Gasteiger partial charge in [-0.25, -0.2) is 0 Å². The smallest absolute Gasteiger partial charge is 0.260 e. The molecule has 1 saturated heterocycles. The van der Waals surface area contributed by atoms with Crippen LogP contribution in [0.2, 0.25) is 0 Å². The van der Waals surface area contributed by atoms with Crippen LogP contribution in [-0.4, -0.2) is 36.4 Å². The van der Waals surface area contributed by atoms with E-state index in [0.717, 1.165) is 31.5 Å². The second kappa shape index (κ2) is 10.8. The first kappa shape index (κ1) is 22.7. The molecule has 0 radical (unpaired) electrons. The Morgan fingerprint density at radius 2 is 1.79 bits per heavy atom. The number of amides is 2. The Morgan fingerprint density at radius 3 is 2.48 bits per heavy atom. The third kappa shape index (κ3) is 6.21. The zero-order valence-corrected chi connectivity index (χ0v) is 17.4. The summed E-state index contributed by atoms with van der Waals surface area (Å²) in [7, 11) is 0. The number of nitrogens with one attached hydrogen (secondary N) is 1. The number of hydrogen-bond donors (Lipinski definition) is 2. The molecule has 1 fully saturated rings. The van der Waals surface area contributed by atoms with Gasteiger partial charge in [-0.2, -0.15) is 0 Å². The molecule has 2 aromatic carbocycles. The fourth-order valence-corrected chi connectivity index (χ4v) is 3.25. The fraction of sp³-hybridized carbons (Fsp3) is 0.364. The van der Waals surface area contributed by atoms with Gasteiger partial charge >= 0.3 is 0 Å². The van der Waals surface area contributed by atoms with E-state index in [1.807, 2.05) is 42.2 Å². The summed E-state index contributed by atoms with van der Waals surface area (Å²) in [6.07, 6.45) is 2.10. The largest absolute Gasteiger partial charge is 0.484 e. The van der Waals surface area contributed by atoms with Crippen LogP contribution in [0.1, 0.15) is 31.4 Å². The van der Waals surface area contributed by atoms with Gasteiger partial charge in [0.05, 0.1) is 5.92 Å². The number of rotatable bonds is 7. The minimum Gasteiger partial charge on any atom is -0.484 e. The lowest BCUT2D eigenvalue weighted by atomic mass is 9.94. The van der Waals surface area contributed by atoms with Crippen molar-refractivity contribution < 1.29 is 14.3 Å². The van der Waals surface area contributed by atoms with E-state index in [4.69, 9.17) is 10.5 Å². The van der Waals surface area contributed by atoms with E-state index in [2.05, 4.69) is 5.32 Å². The van der Waals surface area contributed by atoms with Crippen molar-refractivity contribution >= 4 is 29.9 Å². The highest BCUT2D eigenvalue weighted by atomic mass is 35.5. The average molecular weight is 418 g/mol. The van der Waals surface area contributed by atoms with Gasteiger partial charge in [0.2, 0.25) is 5.91 Å². The van der Waals surface area contributed by atoms with E-state index in [1.54, 1.807) is 24.3 Å². The van der Waals surface area contributed by atoms with Gasteiger partial charge in [0, 0.05) is 30.9 Å². The first-order valence-corrected chi connectivity index (χ1v) is 9.66. The standard InChI is InChI=1S/C22H27N3O3.ClH/c1-16(21(23)17-8-3-2-4-9-17)22(27)24-18-10-7-11-19(14-18)28-15-20(26)25-12-5-6-13-25;/h2-4,7-11,14,16,21H,5-6,12-13,15,23H2,1H3,(H,24,27);1H. The number of carbonyl (C=O) groups is 2. The molecule has 0 saturated carbocycles. The van der Waals surface area contributed by atoms with Crippen LogP contribution in [0.25, 0.3) is 0 Å². The van der Waals surface area contributed by atoms with Crippen LogP contribution in [0.5, 0.6) is 5.75 Å². The summed E-state index contributed by atoms with van der Waals surface area (Å²) in [5.74, 6) is -0.0230. The molecule has 0 bridgehead atoms. The van der Waals surface area contributed by atoms with Crippen LogP contribution < -0.4 is 15.8 Å². The predicted octanol–water partition coefficient (Wildman–Crippen LogP) is 3.38. The van der Waals surface area contributed by atoms with E-state index in [0.29, 0.717) is 11.4 Å². The van der Waals surface area contributed by atoms with Crippen LogP contribution in [0.3, 0.4) is 0 Å². The second-order valence-electron chi connectivity index (χ2n) is 7.12. The normalized spacial score (nSPS) is 15.2. The van der Waals surface area contributed by atoms with Gasteiger partial charge in [-0.3, -0.25) is 9.59 Å². The topological polar surface area (TPSA) is 84.7 Å². The summed E-state index contributed by atoms with van der Waals surface area (Å²) >= 11 is 0. The lowest BCUT2D eigenvalue weighted by Crippen LogP contribution is -2.32. The Morgan fingerprint density at radius 1 is 1.10 bits per heavy atom. The third-order valence-electron chi connectivity index (χ3n) is 5.06. The summed E-state index contributed by atoms with van der Waals surface area (Å²) in [5, 5.41) is 2.88. The quantitative estimate of drug-likeness (QED) is 0.723. The van der Waals surface area contributed by atoms with E-state index >= 15 is 0 Å². The van der Waals surface area contributed by atoms with Gasteiger partial charge < -0.3 is 20.7 Å². The molecule has 2 atom stereocenters. The number of nitrogens with zero attached hydrogens (tertiary/aromatic N) is 1. The molecule has 0 spiro atoms. The van der Waals surface area contributed by atoms with Crippen LogP contribution in [0.4, 0.5) is 5.69 Å². The van der Waals surface area contributed by atoms with Crippen LogP contribution in [0.15, 0.2) is 54.6 Å². The molecule has 6 nitrogen and oxygen atoms in total. The molecule has 1 aliphatic rings. The van der Waals surface area contributed by atoms with Crippen molar-refractivity contribution in [1.29, 1.82) is 0 Å². The first-order chi connectivity index (χ1) is 13.5. The van der Waals surface area contributed by atoms with Crippen LogP contribution in [0, 0.1) is 5.92 Å². The summed E-state index contributed by atoms with van der Waals surface area (Å²) in [5.41, 5.74) is 7.77. The Balaban J connectivity index is 0.00000300. The van der Waals surface area contributed by atoms with Gasteiger partial charge in [0.1, 0.15) is 5.75 Å². The van der Waals surface area contributed by atoms with E-state index in [-0.39, 0.29) is 30.8 Å². The second-order valence-corrected chi connectivity index (χ2v) is 7.12. The number of anilines is 1. The van der Waals surface area contributed by atoms with Crippen molar-refractivity contribution in [2.75, 3.05) is 25.0 Å². The molecular formula is C22H28ClN3O3. The highest BCUT2D eigenvalue weighted by Crippen LogP contribution is 2.22. The maximum Gasteiger partial charge on any atom is 0.260 e. The number of halogens is 1. The number of nitrogens with two attached hydrogens (primary N) is 1. The van der Waals surface area contributed by atoms with Gasteiger partial charge in [-0.15, -0.1) is 12.4 Å². The molecule has 7 heteroatoms. The maximum atomic E-state index is 12.6. The van der Waals surface area contributed by atoms with Crippen molar-refractivity contribution in [3.05, 3.63) is 60.2 Å². The lowest BCUT2D eigenvalue weighted by Gasteiger charge is -2.20. The third-order valence-corrected chi connectivity index (χ3v) is 5.06. The zero-order chi connectivity index (χ0) is 19.9. The Kier molecular flexibility index (Phi) is 8.49. The Labute approximate surface area is 177 Å². The molecule has 3 rings (SSSR count). The van der Waals surface area contributed by atoms with E-state index in [9.17, 15) is 9.59 Å². The molecule has 156 valence electrons. The summed E-state index contributed by atoms with van der Waals surface area (Å²) in [6, 6.07) is 16.2. The fourth-order valence-electron chi connectivity index (χ4n) is 3.25. The van der Waals surface area contributed by atoms with Crippen LogP contribution >= 0.6 is 12.4 Å². The molecule has 2 amide bonds. The van der Waals surface area contributed by atoms with Gasteiger partial charge in [-0.05, 0) is 30.5 Å². The average Bonchev–Trinajstić information content (AvgIpc) is 3.27. The van der Waals surface area contributed by atoms with Gasteiger partial charge in [-0.1, -0.05) is 43.3 Å². The Bertz CT molecular complexity index is 810. The maximum absolute atomic E-state index is 12.6. The van der Waals surface area contributed by atoms with Crippen LogP contribution in [-0.2, 0) is 9.59 Å². The molecule has 1 heterocycles. The molecule has 2 aromatic rings. The van der Waals surface area contributed by atoms with Crippen molar-refractivity contribution in [1.82, 2.24) is 4.90 Å². The molecule has 29 heavy (non-hydrogen) atoms. The van der Waals surface area contributed by atoms with Gasteiger partial charge in [0.25, 0.3) is 5.91 Å². The minimum absolute atomic E-state index is 0. The number of likely N-dealkylation sites (tertiary alicyclic amines) is 1. The lowest BCUT2D eigenvalue weighted by molar-refractivity contribution is -0.132. The number of hydrogen-bond acceptors (Lipinski definition) is 4. The number of ether oxygens (including phenoxy) is 1. The van der Waals surface area contributed by atoms with Crippen molar-refractivity contribution in [2.24, 2.45) is 11.7 Å². The number of carbonyl (C=O) groups excluding carboxylic acids is 2. The summed E-state index contributed by atoms with van der Waals surface area (Å²) in [6.45, 7) is 3.42.